The molecule has 1 aliphatic rings. The summed E-state index contributed by atoms with van der Waals surface area (Å²) in [6.45, 7) is 3.10. The van der Waals surface area contributed by atoms with Gasteiger partial charge < -0.3 is 0 Å². The predicted octanol–water partition coefficient (Wildman–Crippen LogP) is 0.962. The molecule has 1 rings (SSSR count). The van der Waals surface area contributed by atoms with E-state index in [1.165, 1.54) is 4.31 Å². The van der Waals surface area contributed by atoms with Crippen LogP contribution >= 0.6 is 0 Å². The number of sulfonamides is 1. The summed E-state index contributed by atoms with van der Waals surface area (Å²) in [7, 11) is -3.32. The van der Waals surface area contributed by atoms with E-state index in [0.29, 0.717) is 19.0 Å². The molecule has 4 nitrogen and oxygen atoms in total. The molecule has 0 N–H and O–H groups in total. The van der Waals surface area contributed by atoms with Gasteiger partial charge in [-0.1, -0.05) is 6.92 Å². The van der Waals surface area contributed by atoms with E-state index in [-0.39, 0.29) is 5.75 Å². The minimum absolute atomic E-state index is 0.389. The van der Waals surface area contributed by atoms with Crippen molar-refractivity contribution in [3.05, 3.63) is 0 Å². The Morgan fingerprint density at radius 1 is 1.50 bits per heavy atom. The molecule has 80 valence electrons. The van der Waals surface area contributed by atoms with Crippen LogP contribution < -0.4 is 0 Å². The van der Waals surface area contributed by atoms with Crippen molar-refractivity contribution in [1.29, 1.82) is 5.26 Å². The molecule has 0 unspecified atom stereocenters. The van der Waals surface area contributed by atoms with Gasteiger partial charge in [-0.25, -0.2) is 12.7 Å². The SMILES string of the molecule is CCCN(CC1CC1)S(=O)(=O)CC#N. The first-order chi connectivity index (χ1) is 6.60. The number of nitriles is 1. The molecule has 1 aliphatic carbocycles. The van der Waals surface area contributed by atoms with E-state index < -0.39 is 10.0 Å². The van der Waals surface area contributed by atoms with Crippen LogP contribution in [-0.2, 0) is 10.0 Å². The van der Waals surface area contributed by atoms with Crippen LogP contribution in [0.4, 0.5) is 0 Å². The molecule has 0 aromatic heterocycles. The third-order valence-corrected chi connectivity index (χ3v) is 3.88. The van der Waals surface area contributed by atoms with E-state index in [9.17, 15) is 8.42 Å². The fourth-order valence-electron chi connectivity index (χ4n) is 1.35. The topological polar surface area (TPSA) is 61.2 Å². The molecule has 0 spiro atoms. The molecule has 0 atom stereocenters. The van der Waals surface area contributed by atoms with Gasteiger partial charge in [-0.15, -0.1) is 0 Å². The molecule has 0 saturated heterocycles. The largest absolute Gasteiger partial charge is 0.227 e. The molecule has 0 aromatic carbocycles. The first-order valence-electron chi connectivity index (χ1n) is 4.95. The Bertz CT molecular complexity index is 314. The third kappa shape index (κ3) is 3.28. The highest BCUT2D eigenvalue weighted by molar-refractivity contribution is 7.89. The number of rotatable bonds is 6. The maximum Gasteiger partial charge on any atom is 0.227 e. The van der Waals surface area contributed by atoms with Crippen LogP contribution in [0.3, 0.4) is 0 Å². The molecule has 0 aromatic rings. The van der Waals surface area contributed by atoms with Crippen LogP contribution in [0.15, 0.2) is 0 Å². The van der Waals surface area contributed by atoms with E-state index in [0.717, 1.165) is 19.3 Å². The summed E-state index contributed by atoms with van der Waals surface area (Å²) in [5.41, 5.74) is 0. The zero-order chi connectivity index (χ0) is 10.6. The highest BCUT2D eigenvalue weighted by atomic mass is 32.2. The van der Waals surface area contributed by atoms with E-state index in [1.807, 2.05) is 6.92 Å². The zero-order valence-corrected chi connectivity index (χ0v) is 9.26. The van der Waals surface area contributed by atoms with Crippen molar-refractivity contribution in [2.24, 2.45) is 5.92 Å². The standard InChI is InChI=1S/C9H16N2O2S/c1-2-6-11(8-9-3-4-9)14(12,13)7-5-10/h9H,2-4,6-8H2,1H3. The summed E-state index contributed by atoms with van der Waals surface area (Å²) >= 11 is 0. The van der Waals surface area contributed by atoms with Gasteiger partial charge in [0.25, 0.3) is 0 Å². The summed E-state index contributed by atoms with van der Waals surface area (Å²) in [6.07, 6.45) is 3.06. The average molecular weight is 216 g/mol. The van der Waals surface area contributed by atoms with Crippen LogP contribution in [0.1, 0.15) is 26.2 Å². The number of hydrogen-bond acceptors (Lipinski definition) is 3. The lowest BCUT2D eigenvalue weighted by molar-refractivity contribution is 0.397. The molecule has 0 aliphatic heterocycles. The van der Waals surface area contributed by atoms with Gasteiger partial charge in [0.2, 0.25) is 10.0 Å². The lowest BCUT2D eigenvalue weighted by Gasteiger charge is -2.19. The van der Waals surface area contributed by atoms with Crippen molar-refractivity contribution in [3.8, 4) is 6.07 Å². The predicted molar refractivity (Wildman–Crippen MR) is 54.0 cm³/mol. The average Bonchev–Trinajstić information content (AvgIpc) is 2.87. The first kappa shape index (κ1) is 11.5. The third-order valence-electron chi connectivity index (χ3n) is 2.27. The molecule has 14 heavy (non-hydrogen) atoms. The van der Waals surface area contributed by atoms with Crippen LogP contribution in [-0.4, -0.2) is 31.6 Å². The second-order valence-corrected chi connectivity index (χ2v) is 5.68. The monoisotopic (exact) mass is 216 g/mol. The van der Waals surface area contributed by atoms with Gasteiger partial charge in [-0.2, -0.15) is 5.26 Å². The van der Waals surface area contributed by atoms with E-state index in [1.54, 1.807) is 6.07 Å². The lowest BCUT2D eigenvalue weighted by Crippen LogP contribution is -2.35. The second kappa shape index (κ2) is 4.76. The molecular formula is C9H16N2O2S. The summed E-state index contributed by atoms with van der Waals surface area (Å²) in [4.78, 5) is 0. The molecule has 1 saturated carbocycles. The summed E-state index contributed by atoms with van der Waals surface area (Å²) in [5, 5.41) is 8.41. The van der Waals surface area contributed by atoms with Gasteiger partial charge in [-0.3, -0.25) is 0 Å². The van der Waals surface area contributed by atoms with Gasteiger partial charge in [0.1, 0.15) is 0 Å². The van der Waals surface area contributed by atoms with Crippen molar-refractivity contribution >= 4 is 10.0 Å². The van der Waals surface area contributed by atoms with Crippen LogP contribution in [0, 0.1) is 17.2 Å². The smallest absolute Gasteiger partial charge is 0.211 e. The lowest BCUT2D eigenvalue weighted by atomic mass is 10.4. The van der Waals surface area contributed by atoms with Crippen molar-refractivity contribution in [2.45, 2.75) is 26.2 Å². The van der Waals surface area contributed by atoms with Gasteiger partial charge in [-0.05, 0) is 25.2 Å². The Morgan fingerprint density at radius 2 is 2.14 bits per heavy atom. The Kier molecular flexibility index (Phi) is 3.90. The highest BCUT2D eigenvalue weighted by Crippen LogP contribution is 2.30. The molecule has 0 heterocycles. The normalized spacial score (nSPS) is 16.9. The van der Waals surface area contributed by atoms with Crippen molar-refractivity contribution in [1.82, 2.24) is 4.31 Å². The Labute approximate surface area is 85.6 Å². The Hall–Kier alpha value is -0.600. The Morgan fingerprint density at radius 3 is 2.57 bits per heavy atom. The molecule has 5 heteroatoms. The van der Waals surface area contributed by atoms with Gasteiger partial charge >= 0.3 is 0 Å². The minimum atomic E-state index is -3.32. The van der Waals surface area contributed by atoms with E-state index in [2.05, 4.69) is 0 Å². The summed E-state index contributed by atoms with van der Waals surface area (Å²) in [5.74, 6) is 0.148. The van der Waals surface area contributed by atoms with E-state index in [4.69, 9.17) is 5.26 Å². The molecular weight excluding hydrogens is 200 g/mol. The first-order valence-corrected chi connectivity index (χ1v) is 6.56. The van der Waals surface area contributed by atoms with Crippen molar-refractivity contribution < 1.29 is 8.42 Å². The summed E-state index contributed by atoms with van der Waals surface area (Å²) < 4.78 is 24.6. The molecule has 0 bridgehead atoms. The fourth-order valence-corrected chi connectivity index (χ4v) is 2.60. The van der Waals surface area contributed by atoms with Crippen molar-refractivity contribution in [3.63, 3.8) is 0 Å². The fraction of sp³-hybridized carbons (Fsp3) is 0.889. The maximum absolute atomic E-state index is 11.6. The molecule has 0 amide bonds. The van der Waals surface area contributed by atoms with Crippen LogP contribution in [0.5, 0.6) is 0 Å². The van der Waals surface area contributed by atoms with Crippen LogP contribution in [0.25, 0.3) is 0 Å². The number of hydrogen-bond donors (Lipinski definition) is 0. The quantitative estimate of drug-likeness (QED) is 0.664. The minimum Gasteiger partial charge on any atom is -0.211 e. The van der Waals surface area contributed by atoms with Crippen molar-refractivity contribution in [2.75, 3.05) is 18.8 Å². The number of nitrogens with zero attached hydrogens (tertiary/aromatic N) is 2. The zero-order valence-electron chi connectivity index (χ0n) is 8.44. The maximum atomic E-state index is 11.6. The summed E-state index contributed by atoms with van der Waals surface area (Å²) in [6, 6.07) is 1.71. The van der Waals surface area contributed by atoms with Crippen LogP contribution in [0.2, 0.25) is 0 Å². The van der Waals surface area contributed by atoms with Gasteiger partial charge in [0, 0.05) is 13.1 Å². The molecule has 1 fully saturated rings. The highest BCUT2D eigenvalue weighted by Gasteiger charge is 2.29. The molecule has 0 radical (unpaired) electrons. The second-order valence-electron chi connectivity index (χ2n) is 3.72. The Balaban J connectivity index is 2.59. The van der Waals surface area contributed by atoms with Gasteiger partial charge in [0.15, 0.2) is 5.75 Å². The van der Waals surface area contributed by atoms with E-state index >= 15 is 0 Å². The van der Waals surface area contributed by atoms with Gasteiger partial charge in [0.05, 0.1) is 6.07 Å².